The Hall–Kier alpha value is -4.05. The normalized spacial score (nSPS) is 12.4. The van der Waals surface area contributed by atoms with Gasteiger partial charge in [0.15, 0.2) is 0 Å². The van der Waals surface area contributed by atoms with Gasteiger partial charge in [-0.1, -0.05) is 48.5 Å². The van der Waals surface area contributed by atoms with Crippen molar-refractivity contribution >= 4 is 15.7 Å². The van der Waals surface area contributed by atoms with Crippen LogP contribution < -0.4 is 10.0 Å². The Labute approximate surface area is 221 Å². The van der Waals surface area contributed by atoms with E-state index in [1.165, 1.54) is 30.3 Å². The van der Waals surface area contributed by atoms with Crippen molar-refractivity contribution in [3.05, 3.63) is 114 Å². The van der Waals surface area contributed by atoms with Crippen LogP contribution in [0.2, 0.25) is 0 Å². The number of anilines is 1. The first-order chi connectivity index (χ1) is 18.2. The predicted octanol–water partition coefficient (Wildman–Crippen LogP) is 4.45. The van der Waals surface area contributed by atoms with E-state index < -0.39 is 16.1 Å². The van der Waals surface area contributed by atoms with Crippen LogP contribution in [0.3, 0.4) is 0 Å². The van der Waals surface area contributed by atoms with Crippen LogP contribution in [0.25, 0.3) is 0 Å². The lowest BCUT2D eigenvalue weighted by Crippen LogP contribution is -2.24. The van der Waals surface area contributed by atoms with E-state index in [2.05, 4.69) is 10.0 Å². The number of hydrogen-bond acceptors (Lipinski definition) is 7. The number of benzene rings is 4. The quantitative estimate of drug-likeness (QED) is 0.123. The first-order valence-corrected chi connectivity index (χ1v) is 13.6. The molecule has 38 heavy (non-hydrogen) atoms. The molecule has 0 aromatic heterocycles. The molecule has 1 atom stereocenters. The highest BCUT2D eigenvalue weighted by Crippen LogP contribution is 2.31. The first kappa shape index (κ1) is 27.0. The molecule has 198 valence electrons. The zero-order valence-corrected chi connectivity index (χ0v) is 21.3. The Morgan fingerprint density at radius 1 is 0.711 bits per heavy atom. The minimum atomic E-state index is -3.91. The minimum Gasteiger partial charge on any atom is -0.508 e. The number of phenols is 3. The van der Waals surface area contributed by atoms with E-state index in [-0.39, 0.29) is 40.3 Å². The van der Waals surface area contributed by atoms with Crippen molar-refractivity contribution in [2.45, 2.75) is 23.3 Å². The molecule has 0 radical (unpaired) electrons. The molecule has 0 aliphatic carbocycles. The largest absolute Gasteiger partial charge is 0.508 e. The van der Waals surface area contributed by atoms with Crippen LogP contribution >= 0.6 is 0 Å². The average molecular weight is 535 g/mol. The van der Waals surface area contributed by atoms with E-state index in [0.717, 1.165) is 11.1 Å². The second-order valence-corrected chi connectivity index (χ2v) is 10.6. The van der Waals surface area contributed by atoms with Crippen molar-refractivity contribution in [3.63, 3.8) is 0 Å². The number of aromatic hydroxyl groups is 3. The lowest BCUT2D eigenvalue weighted by molar-refractivity contribution is 0.174. The maximum atomic E-state index is 12.7. The molecule has 0 saturated heterocycles. The first-order valence-electron chi connectivity index (χ1n) is 12.1. The predicted molar refractivity (Wildman–Crippen MR) is 146 cm³/mol. The van der Waals surface area contributed by atoms with Crippen molar-refractivity contribution in [2.75, 3.05) is 17.8 Å². The third-order valence-electron chi connectivity index (χ3n) is 6.24. The fraction of sp³-hybridized carbons (Fsp3) is 0.172. The van der Waals surface area contributed by atoms with E-state index in [1.54, 1.807) is 42.5 Å². The molecule has 6 N–H and O–H groups in total. The van der Waals surface area contributed by atoms with Crippen molar-refractivity contribution < 1.29 is 28.8 Å². The third kappa shape index (κ3) is 6.83. The van der Waals surface area contributed by atoms with E-state index in [0.29, 0.717) is 18.5 Å². The Kier molecular flexibility index (Phi) is 8.52. The Morgan fingerprint density at radius 3 is 1.84 bits per heavy atom. The molecule has 0 saturated carbocycles. The molecule has 0 bridgehead atoms. The molecular weight excluding hydrogens is 504 g/mol. The van der Waals surface area contributed by atoms with Gasteiger partial charge in [-0.15, -0.1) is 0 Å². The van der Waals surface area contributed by atoms with E-state index in [4.69, 9.17) is 0 Å². The summed E-state index contributed by atoms with van der Waals surface area (Å²) in [5.41, 5.74) is 2.43. The molecule has 9 heteroatoms. The zero-order chi connectivity index (χ0) is 27.1. The summed E-state index contributed by atoms with van der Waals surface area (Å²) in [5, 5.41) is 43.5. The molecule has 0 amide bonds. The van der Waals surface area contributed by atoms with Gasteiger partial charge in [0.1, 0.15) is 17.2 Å². The lowest BCUT2D eigenvalue weighted by Gasteiger charge is -2.20. The second kappa shape index (κ2) is 12.0. The molecule has 8 nitrogen and oxygen atoms in total. The lowest BCUT2D eigenvalue weighted by atomic mass is 9.88. The summed E-state index contributed by atoms with van der Waals surface area (Å²) in [6, 6.07) is 26.1. The van der Waals surface area contributed by atoms with Gasteiger partial charge in [-0.2, -0.15) is 0 Å². The monoisotopic (exact) mass is 534 g/mol. The van der Waals surface area contributed by atoms with Gasteiger partial charge in [-0.3, -0.25) is 4.72 Å². The molecule has 0 aliphatic heterocycles. The number of aliphatic hydroxyl groups is 1. The van der Waals surface area contributed by atoms with Gasteiger partial charge in [-0.05, 0) is 78.2 Å². The van der Waals surface area contributed by atoms with Crippen molar-refractivity contribution in [2.24, 2.45) is 0 Å². The van der Waals surface area contributed by atoms with Crippen LogP contribution in [-0.4, -0.2) is 41.9 Å². The second-order valence-electron chi connectivity index (χ2n) is 8.94. The van der Waals surface area contributed by atoms with Crippen LogP contribution in [0.15, 0.2) is 102 Å². The van der Waals surface area contributed by atoms with Crippen LogP contribution in [0.5, 0.6) is 17.2 Å². The van der Waals surface area contributed by atoms with Gasteiger partial charge in [0, 0.05) is 12.5 Å². The molecule has 0 heterocycles. The van der Waals surface area contributed by atoms with Gasteiger partial charge in [0.05, 0.1) is 16.7 Å². The molecule has 4 aromatic rings. The van der Waals surface area contributed by atoms with E-state index in [1.807, 2.05) is 24.3 Å². The van der Waals surface area contributed by atoms with Crippen LogP contribution in [-0.2, 0) is 10.0 Å². The Balaban J connectivity index is 1.40. The fourth-order valence-electron chi connectivity index (χ4n) is 4.19. The molecule has 0 aliphatic rings. The van der Waals surface area contributed by atoms with E-state index in [9.17, 15) is 28.8 Å². The number of nitrogens with one attached hydrogen (secondary N) is 2. The molecule has 0 spiro atoms. The fourth-order valence-corrected chi connectivity index (χ4v) is 5.27. The third-order valence-corrected chi connectivity index (χ3v) is 7.62. The molecule has 0 fully saturated rings. The van der Waals surface area contributed by atoms with Gasteiger partial charge in [-0.25, -0.2) is 8.42 Å². The highest BCUT2D eigenvalue weighted by Gasteiger charge is 2.18. The van der Waals surface area contributed by atoms with Crippen LogP contribution in [0.1, 0.15) is 35.1 Å². The maximum absolute atomic E-state index is 12.7. The van der Waals surface area contributed by atoms with E-state index >= 15 is 0 Å². The summed E-state index contributed by atoms with van der Waals surface area (Å²) in [5.74, 6) is 0.102. The number of sulfonamides is 1. The minimum absolute atomic E-state index is 0.00601. The Morgan fingerprint density at radius 2 is 1.26 bits per heavy atom. The summed E-state index contributed by atoms with van der Waals surface area (Å²) in [7, 11) is -3.91. The number of aliphatic hydroxyl groups excluding tert-OH is 1. The van der Waals surface area contributed by atoms with Gasteiger partial charge < -0.3 is 25.7 Å². The molecule has 4 aromatic carbocycles. The number of hydrogen-bond donors (Lipinski definition) is 6. The summed E-state index contributed by atoms with van der Waals surface area (Å²) in [6.45, 7) is 0.753. The van der Waals surface area contributed by atoms with Gasteiger partial charge >= 0.3 is 0 Å². The smallest absolute Gasteiger partial charge is 0.262 e. The summed E-state index contributed by atoms with van der Waals surface area (Å²) < 4.78 is 27.7. The Bertz CT molecular complexity index is 1400. The zero-order valence-electron chi connectivity index (χ0n) is 20.5. The highest BCUT2D eigenvalue weighted by atomic mass is 32.2. The number of phenolic OH excluding ortho intramolecular Hbond substituents is 3. The maximum Gasteiger partial charge on any atom is 0.262 e. The standard InChI is InChI=1S/C29H30N2O6S/c32-23-11-6-20(7-12-23)26(21-8-13-24(33)14-9-21)16-17-30-19-29(35)22-10-15-28(34)27(18-22)31-38(36,37)25-4-2-1-3-5-25/h1-15,18,26,29-35H,16-17,19H2/t29-/m0/s1. The number of rotatable bonds is 11. The van der Waals surface area contributed by atoms with Gasteiger partial charge in [0.25, 0.3) is 10.0 Å². The van der Waals surface area contributed by atoms with Crippen molar-refractivity contribution in [1.82, 2.24) is 5.32 Å². The van der Waals surface area contributed by atoms with Crippen LogP contribution in [0, 0.1) is 0 Å². The van der Waals surface area contributed by atoms with Crippen LogP contribution in [0.4, 0.5) is 5.69 Å². The SMILES string of the molecule is O=S(=O)(Nc1cc([C@@H](O)CNCCC(c2ccc(O)cc2)c2ccc(O)cc2)ccc1O)c1ccccc1. The molecule has 4 rings (SSSR count). The van der Waals surface area contributed by atoms with Crippen molar-refractivity contribution in [3.8, 4) is 17.2 Å². The average Bonchev–Trinajstić information content (AvgIpc) is 2.91. The molecular formula is C29H30N2O6S. The summed E-state index contributed by atoms with van der Waals surface area (Å²) in [6.07, 6.45) is -0.267. The molecule has 0 unspecified atom stereocenters. The van der Waals surface area contributed by atoms with Crippen molar-refractivity contribution in [1.29, 1.82) is 0 Å². The summed E-state index contributed by atoms with van der Waals surface area (Å²) in [4.78, 5) is 0.0591. The highest BCUT2D eigenvalue weighted by molar-refractivity contribution is 7.92. The summed E-state index contributed by atoms with van der Waals surface area (Å²) >= 11 is 0. The van der Waals surface area contributed by atoms with Gasteiger partial charge in [0.2, 0.25) is 0 Å². The topological polar surface area (TPSA) is 139 Å².